The summed E-state index contributed by atoms with van der Waals surface area (Å²) in [7, 11) is 0. The van der Waals surface area contributed by atoms with Gasteiger partial charge in [-0.15, -0.1) is 0 Å². The maximum Gasteiger partial charge on any atom is 0.164 e. The topological polar surface area (TPSA) is 88.8 Å². The molecule has 0 fully saturated rings. The molecule has 0 bridgehead atoms. The predicted octanol–water partition coefficient (Wildman–Crippen LogP) is 4.84. The van der Waals surface area contributed by atoms with Crippen molar-refractivity contribution < 1.29 is 9.53 Å². The number of fused-ring (bicyclic) bond motifs is 1. The number of hydrogen-bond acceptors (Lipinski definition) is 7. The first kappa shape index (κ1) is 19.6. The third-order valence-electron chi connectivity index (χ3n) is 6.41. The normalized spacial score (nSPS) is 26.1. The molecule has 3 heterocycles. The molecule has 3 aliphatic rings. The summed E-state index contributed by atoms with van der Waals surface area (Å²) < 4.78 is 6.00. The second-order valence-corrected chi connectivity index (χ2v) is 9.12. The number of ether oxygens (including phenoxy) is 1. The second kappa shape index (κ2) is 7.11. The van der Waals surface area contributed by atoms with Crippen LogP contribution in [0.3, 0.4) is 0 Å². The first-order valence-corrected chi connectivity index (χ1v) is 10.6. The van der Waals surface area contributed by atoms with Gasteiger partial charge in [0.25, 0.3) is 0 Å². The van der Waals surface area contributed by atoms with Gasteiger partial charge in [-0.05, 0) is 36.0 Å². The molecule has 7 nitrogen and oxygen atoms in total. The van der Waals surface area contributed by atoms with Gasteiger partial charge < -0.3 is 10.1 Å². The van der Waals surface area contributed by atoms with Crippen LogP contribution in [0, 0.1) is 5.41 Å². The van der Waals surface area contributed by atoms with Crippen molar-refractivity contribution in [1.29, 1.82) is 0 Å². The van der Waals surface area contributed by atoms with Crippen LogP contribution in [-0.2, 0) is 10.2 Å². The van der Waals surface area contributed by atoms with E-state index in [4.69, 9.17) is 4.74 Å². The van der Waals surface area contributed by atoms with E-state index in [1.165, 1.54) is 6.33 Å². The van der Waals surface area contributed by atoms with Crippen molar-refractivity contribution >= 4 is 5.78 Å². The van der Waals surface area contributed by atoms with E-state index in [-0.39, 0.29) is 17.4 Å². The Morgan fingerprint density at radius 3 is 2.74 bits per heavy atom. The number of carbonyl (C=O) groups excluding carboxylic acids is 1. The Hall–Kier alpha value is -3.35. The van der Waals surface area contributed by atoms with Crippen molar-refractivity contribution in [2.75, 3.05) is 0 Å². The highest BCUT2D eigenvalue weighted by Crippen LogP contribution is 2.54. The monoisotopic (exact) mass is 415 g/mol. The molecule has 1 aromatic heterocycles. The summed E-state index contributed by atoms with van der Waals surface area (Å²) in [5, 5.41) is 12.1. The average Bonchev–Trinajstić information content (AvgIpc) is 3.21. The smallest absolute Gasteiger partial charge is 0.164 e. The van der Waals surface area contributed by atoms with Crippen molar-refractivity contribution in [2.45, 2.75) is 51.6 Å². The summed E-state index contributed by atoms with van der Waals surface area (Å²) in [6, 6.07) is 7.94. The van der Waals surface area contributed by atoms with Crippen LogP contribution in [0.25, 0.3) is 0 Å². The number of rotatable bonds is 4. The van der Waals surface area contributed by atoms with Crippen LogP contribution in [0.1, 0.15) is 45.6 Å². The van der Waals surface area contributed by atoms with E-state index in [0.717, 1.165) is 35.2 Å². The van der Waals surface area contributed by atoms with Crippen molar-refractivity contribution in [3.8, 4) is 11.5 Å². The molecule has 0 saturated carbocycles. The van der Waals surface area contributed by atoms with E-state index in [1.807, 2.05) is 24.4 Å². The number of allylic oxidation sites excluding steroid dienone is 2. The minimum Gasteiger partial charge on any atom is -0.454 e. The summed E-state index contributed by atoms with van der Waals surface area (Å²) >= 11 is 0. The largest absolute Gasteiger partial charge is 0.454 e. The Bertz CT molecular complexity index is 1140. The number of nitrogens with one attached hydrogen (secondary N) is 1. The molecular formula is C24H25N5O2. The molecule has 7 heteroatoms. The van der Waals surface area contributed by atoms with Crippen molar-refractivity contribution in [1.82, 2.24) is 15.3 Å². The molecule has 2 aliphatic heterocycles. The first-order valence-electron chi connectivity index (χ1n) is 10.6. The molecule has 158 valence electrons. The van der Waals surface area contributed by atoms with Gasteiger partial charge in [-0.25, -0.2) is 9.97 Å². The molecule has 1 aromatic carbocycles. The van der Waals surface area contributed by atoms with E-state index >= 15 is 0 Å². The minimum atomic E-state index is -0.588. The summed E-state index contributed by atoms with van der Waals surface area (Å²) in [5.74, 6) is 1.43. The highest BCUT2D eigenvalue weighted by molar-refractivity contribution is 6.01. The zero-order valence-electron chi connectivity index (χ0n) is 17.9. The standard InChI is InChI=1S/C24H25N5O2/c1-4-24(15-6-5-7-16(8-15)31-17-11-25-14-26-12-17)18-13-27-29-22(18)28-19-9-23(2,3)10-20(30)21(19)24/h5-8,11-14,22,28H,4,9-10H2,1-3H3/t22?,24-/m1/s1. The van der Waals surface area contributed by atoms with Crippen molar-refractivity contribution in [3.63, 3.8) is 0 Å². The van der Waals surface area contributed by atoms with Crippen LogP contribution in [0.5, 0.6) is 11.5 Å². The Morgan fingerprint density at radius 2 is 1.97 bits per heavy atom. The van der Waals surface area contributed by atoms with Gasteiger partial charge in [0.05, 0.1) is 24.0 Å². The van der Waals surface area contributed by atoms with Gasteiger partial charge in [-0.1, -0.05) is 32.9 Å². The third-order valence-corrected chi connectivity index (χ3v) is 6.41. The Kier molecular flexibility index (Phi) is 4.50. The molecule has 0 saturated heterocycles. The molecule has 2 aromatic rings. The number of azo groups is 1. The molecule has 1 N–H and O–H groups in total. The molecule has 0 amide bonds. The van der Waals surface area contributed by atoms with Gasteiger partial charge >= 0.3 is 0 Å². The fourth-order valence-corrected chi connectivity index (χ4v) is 5.19. The Labute approximate surface area is 181 Å². The Morgan fingerprint density at radius 1 is 1.16 bits per heavy atom. The Balaban J connectivity index is 1.66. The number of ketones is 1. The number of Topliss-reactive ketones (excluding diaryl/α,β-unsaturated/α-hetero) is 1. The van der Waals surface area contributed by atoms with Crippen LogP contribution >= 0.6 is 0 Å². The van der Waals surface area contributed by atoms with Crippen LogP contribution in [0.2, 0.25) is 0 Å². The fourth-order valence-electron chi connectivity index (χ4n) is 5.19. The van der Waals surface area contributed by atoms with E-state index < -0.39 is 5.41 Å². The SMILES string of the molecule is CC[C@@]1(c2cccc(Oc3cncnc3)c2)C2=CN=NC2NC2=C1C(=O)CC(C)(C)C2. The second-order valence-electron chi connectivity index (χ2n) is 9.12. The molecule has 2 atom stereocenters. The van der Waals surface area contributed by atoms with Crippen LogP contribution in [-0.4, -0.2) is 21.9 Å². The van der Waals surface area contributed by atoms with Gasteiger partial charge in [0, 0.05) is 23.3 Å². The molecule has 5 rings (SSSR count). The van der Waals surface area contributed by atoms with E-state index in [0.29, 0.717) is 17.9 Å². The highest BCUT2D eigenvalue weighted by Gasteiger charge is 2.53. The quantitative estimate of drug-likeness (QED) is 0.772. The van der Waals surface area contributed by atoms with Gasteiger partial charge in [0.2, 0.25) is 0 Å². The van der Waals surface area contributed by atoms with Crippen LogP contribution in [0.15, 0.2) is 76.3 Å². The first-order chi connectivity index (χ1) is 14.9. The maximum atomic E-state index is 13.5. The maximum absolute atomic E-state index is 13.5. The van der Waals surface area contributed by atoms with Crippen LogP contribution < -0.4 is 10.1 Å². The van der Waals surface area contributed by atoms with Gasteiger partial charge in [0.15, 0.2) is 17.7 Å². The van der Waals surface area contributed by atoms with Crippen LogP contribution in [0.4, 0.5) is 0 Å². The van der Waals surface area contributed by atoms with E-state index in [1.54, 1.807) is 12.4 Å². The lowest BCUT2D eigenvalue weighted by atomic mass is 9.59. The lowest BCUT2D eigenvalue weighted by Crippen LogP contribution is -2.51. The number of benzene rings is 1. The summed E-state index contributed by atoms with van der Waals surface area (Å²) in [4.78, 5) is 21.5. The third kappa shape index (κ3) is 3.15. The lowest BCUT2D eigenvalue weighted by molar-refractivity contribution is -0.119. The van der Waals surface area contributed by atoms with Crippen molar-refractivity contribution in [2.24, 2.45) is 15.6 Å². The predicted molar refractivity (Wildman–Crippen MR) is 115 cm³/mol. The zero-order chi connectivity index (χ0) is 21.6. The fraction of sp³-hybridized carbons (Fsp3) is 0.375. The number of aromatic nitrogens is 2. The van der Waals surface area contributed by atoms with Crippen molar-refractivity contribution in [3.05, 3.63) is 71.6 Å². The molecule has 1 unspecified atom stereocenters. The average molecular weight is 415 g/mol. The summed E-state index contributed by atoms with van der Waals surface area (Å²) in [6.45, 7) is 6.40. The molecular weight excluding hydrogens is 390 g/mol. The lowest BCUT2D eigenvalue weighted by Gasteiger charge is -2.47. The minimum absolute atomic E-state index is 0.0857. The number of carbonyl (C=O) groups is 1. The molecule has 1 aliphatic carbocycles. The van der Waals surface area contributed by atoms with E-state index in [2.05, 4.69) is 52.4 Å². The summed E-state index contributed by atoms with van der Waals surface area (Å²) in [5.41, 5.74) is 3.20. The number of hydrogen-bond donors (Lipinski definition) is 1. The van der Waals surface area contributed by atoms with Gasteiger partial charge in [-0.3, -0.25) is 4.79 Å². The molecule has 31 heavy (non-hydrogen) atoms. The van der Waals surface area contributed by atoms with E-state index in [9.17, 15) is 4.79 Å². The van der Waals surface area contributed by atoms with Gasteiger partial charge in [0.1, 0.15) is 12.1 Å². The van der Waals surface area contributed by atoms with Gasteiger partial charge in [-0.2, -0.15) is 10.2 Å². The zero-order valence-corrected chi connectivity index (χ0v) is 17.9. The molecule has 0 spiro atoms. The molecule has 0 radical (unpaired) electrons. The number of nitrogens with zero attached hydrogens (tertiary/aromatic N) is 4. The highest BCUT2D eigenvalue weighted by atomic mass is 16.5. The summed E-state index contributed by atoms with van der Waals surface area (Å²) in [6.07, 6.45) is 8.36.